The Morgan fingerprint density at radius 1 is 1.27 bits per heavy atom. The number of halogens is 1. The monoisotopic (exact) mass is 342 g/mol. The maximum absolute atomic E-state index is 12.5. The van der Waals surface area contributed by atoms with E-state index in [2.05, 4.69) is 5.32 Å². The molecule has 22 heavy (non-hydrogen) atoms. The molecule has 2 amide bonds. The van der Waals surface area contributed by atoms with E-state index in [1.165, 1.54) is 6.26 Å². The Balaban J connectivity index is 1.72. The minimum absolute atomic E-state index is 0.0117. The van der Waals surface area contributed by atoms with Gasteiger partial charge in [-0.15, -0.1) is 0 Å². The number of nitrogens with zero attached hydrogens (tertiary/aromatic N) is 1. The molecule has 0 aromatic heterocycles. The van der Waals surface area contributed by atoms with Gasteiger partial charge >= 0.3 is 6.03 Å². The van der Waals surface area contributed by atoms with E-state index >= 15 is 0 Å². The minimum Gasteiger partial charge on any atom is -0.318 e. The Hall–Kier alpha value is -1.27. The molecule has 1 aromatic rings. The first-order valence-electron chi connectivity index (χ1n) is 7.38. The second-order valence-electron chi connectivity index (χ2n) is 6.16. The zero-order valence-corrected chi connectivity index (χ0v) is 13.9. The molecule has 1 N–H and O–H groups in total. The van der Waals surface area contributed by atoms with Crippen LogP contribution in [0.25, 0.3) is 0 Å². The number of amides is 2. The molecule has 0 saturated carbocycles. The lowest BCUT2D eigenvalue weighted by molar-refractivity contribution is 0.160. The van der Waals surface area contributed by atoms with Crippen LogP contribution >= 0.6 is 11.6 Å². The van der Waals surface area contributed by atoms with Gasteiger partial charge in [0, 0.05) is 29.0 Å². The van der Waals surface area contributed by atoms with Gasteiger partial charge in [-0.05, 0) is 43.9 Å². The summed E-state index contributed by atoms with van der Waals surface area (Å²) in [6.07, 6.45) is 4.12. The first-order chi connectivity index (χ1) is 10.3. The van der Waals surface area contributed by atoms with Crippen LogP contribution in [0.2, 0.25) is 5.02 Å². The normalized spacial score (nSPS) is 27.7. The standard InChI is InChI=1S/C15H19ClN2O3S/c1-22(20,21)14-8-12-5-6-13(9-14)18(12)15(19)17-11-4-2-3-10(16)7-11/h2-4,7,12-14H,5-6,8-9H2,1H3,(H,17,19). The van der Waals surface area contributed by atoms with Crippen molar-refractivity contribution in [2.24, 2.45) is 0 Å². The Labute approximate surface area is 135 Å². The molecule has 5 nitrogen and oxygen atoms in total. The highest BCUT2D eigenvalue weighted by molar-refractivity contribution is 7.91. The third kappa shape index (κ3) is 3.08. The van der Waals surface area contributed by atoms with Crippen molar-refractivity contribution in [3.8, 4) is 0 Å². The number of carbonyl (C=O) groups excluding carboxylic acids is 1. The van der Waals surface area contributed by atoms with E-state index < -0.39 is 9.84 Å². The molecule has 0 radical (unpaired) electrons. The van der Waals surface area contributed by atoms with Gasteiger partial charge < -0.3 is 10.2 Å². The quantitative estimate of drug-likeness (QED) is 0.898. The molecule has 2 fully saturated rings. The topological polar surface area (TPSA) is 66.5 Å². The summed E-state index contributed by atoms with van der Waals surface area (Å²) in [7, 11) is -3.04. The molecule has 2 saturated heterocycles. The van der Waals surface area contributed by atoms with E-state index in [4.69, 9.17) is 11.6 Å². The third-order valence-corrected chi connectivity index (χ3v) is 6.44. The van der Waals surface area contributed by atoms with Gasteiger partial charge in [0.25, 0.3) is 0 Å². The molecule has 7 heteroatoms. The maximum Gasteiger partial charge on any atom is 0.322 e. The summed E-state index contributed by atoms with van der Waals surface area (Å²) in [4.78, 5) is 14.3. The molecule has 120 valence electrons. The van der Waals surface area contributed by atoms with Gasteiger partial charge in [0.15, 0.2) is 0 Å². The highest BCUT2D eigenvalue weighted by Gasteiger charge is 2.45. The lowest BCUT2D eigenvalue weighted by atomic mass is 10.0. The van der Waals surface area contributed by atoms with Crippen molar-refractivity contribution in [3.63, 3.8) is 0 Å². The number of carbonyl (C=O) groups is 1. The molecule has 2 atom stereocenters. The van der Waals surface area contributed by atoms with Gasteiger partial charge in [0.05, 0.1) is 5.25 Å². The maximum atomic E-state index is 12.5. The summed E-state index contributed by atoms with van der Waals surface area (Å²) in [6.45, 7) is 0. The van der Waals surface area contributed by atoms with Crippen molar-refractivity contribution in [2.45, 2.75) is 43.0 Å². The fraction of sp³-hybridized carbons (Fsp3) is 0.533. The Morgan fingerprint density at radius 2 is 1.91 bits per heavy atom. The average Bonchev–Trinajstić information content (AvgIpc) is 2.68. The fourth-order valence-corrected chi connectivity index (χ4v) is 4.90. The number of hydrogen-bond acceptors (Lipinski definition) is 3. The number of rotatable bonds is 2. The van der Waals surface area contributed by atoms with Crippen molar-refractivity contribution in [2.75, 3.05) is 11.6 Å². The number of anilines is 1. The zero-order valence-electron chi connectivity index (χ0n) is 12.3. The number of fused-ring (bicyclic) bond motifs is 2. The second-order valence-corrected chi connectivity index (χ2v) is 8.92. The molecule has 1 aromatic carbocycles. The molecule has 2 bridgehead atoms. The number of sulfone groups is 1. The zero-order chi connectivity index (χ0) is 15.9. The highest BCUT2D eigenvalue weighted by atomic mass is 35.5. The van der Waals surface area contributed by atoms with Crippen LogP contribution in [0.1, 0.15) is 25.7 Å². The largest absolute Gasteiger partial charge is 0.322 e. The molecule has 2 aliphatic heterocycles. The van der Waals surface area contributed by atoms with Crippen LogP contribution in [-0.4, -0.2) is 42.9 Å². The first-order valence-corrected chi connectivity index (χ1v) is 9.71. The van der Waals surface area contributed by atoms with E-state index in [0.29, 0.717) is 23.6 Å². The lowest BCUT2D eigenvalue weighted by Crippen LogP contribution is -2.51. The van der Waals surface area contributed by atoms with Crippen LogP contribution in [0.3, 0.4) is 0 Å². The molecule has 2 heterocycles. The summed E-state index contributed by atoms with van der Waals surface area (Å²) >= 11 is 5.92. The number of hydrogen-bond donors (Lipinski definition) is 1. The average molecular weight is 343 g/mol. The smallest absolute Gasteiger partial charge is 0.318 e. The number of nitrogens with one attached hydrogen (secondary N) is 1. The number of urea groups is 1. The summed E-state index contributed by atoms with van der Waals surface area (Å²) in [6, 6.07) is 6.87. The molecule has 2 unspecified atom stereocenters. The predicted molar refractivity (Wildman–Crippen MR) is 87.0 cm³/mol. The van der Waals surface area contributed by atoms with Gasteiger partial charge in [-0.25, -0.2) is 13.2 Å². The molecular weight excluding hydrogens is 324 g/mol. The minimum atomic E-state index is -3.04. The van der Waals surface area contributed by atoms with Crippen molar-refractivity contribution >= 4 is 33.2 Å². The van der Waals surface area contributed by atoms with Crippen LogP contribution in [0.15, 0.2) is 24.3 Å². The van der Waals surface area contributed by atoms with Gasteiger partial charge in [-0.2, -0.15) is 0 Å². The van der Waals surface area contributed by atoms with Crippen LogP contribution < -0.4 is 5.32 Å². The van der Waals surface area contributed by atoms with E-state index in [-0.39, 0.29) is 23.4 Å². The van der Waals surface area contributed by atoms with Crippen molar-refractivity contribution in [1.82, 2.24) is 4.90 Å². The Bertz CT molecular complexity index is 678. The lowest BCUT2D eigenvalue weighted by Gasteiger charge is -2.38. The first kappa shape index (κ1) is 15.6. The van der Waals surface area contributed by atoms with E-state index in [9.17, 15) is 13.2 Å². The highest BCUT2D eigenvalue weighted by Crippen LogP contribution is 2.38. The predicted octanol–water partition coefficient (Wildman–Crippen LogP) is 2.91. The Morgan fingerprint density at radius 3 is 2.45 bits per heavy atom. The van der Waals surface area contributed by atoms with E-state index in [1.807, 2.05) is 4.90 Å². The van der Waals surface area contributed by atoms with Crippen LogP contribution in [0.5, 0.6) is 0 Å². The van der Waals surface area contributed by atoms with Gasteiger partial charge in [-0.1, -0.05) is 17.7 Å². The van der Waals surface area contributed by atoms with Gasteiger partial charge in [0.1, 0.15) is 9.84 Å². The molecular formula is C15H19ClN2O3S. The molecule has 0 spiro atoms. The second kappa shape index (κ2) is 5.74. The van der Waals surface area contributed by atoms with Crippen LogP contribution in [0, 0.1) is 0 Å². The van der Waals surface area contributed by atoms with Crippen molar-refractivity contribution in [1.29, 1.82) is 0 Å². The van der Waals surface area contributed by atoms with Crippen LogP contribution in [-0.2, 0) is 9.84 Å². The Kier molecular flexibility index (Phi) is 4.07. The van der Waals surface area contributed by atoms with Crippen molar-refractivity contribution < 1.29 is 13.2 Å². The number of piperidine rings is 1. The van der Waals surface area contributed by atoms with Gasteiger partial charge in [0.2, 0.25) is 0 Å². The van der Waals surface area contributed by atoms with Gasteiger partial charge in [-0.3, -0.25) is 0 Å². The van der Waals surface area contributed by atoms with Crippen LogP contribution in [0.4, 0.5) is 10.5 Å². The fourth-order valence-electron chi connectivity index (χ4n) is 3.56. The third-order valence-electron chi connectivity index (χ3n) is 4.61. The summed E-state index contributed by atoms with van der Waals surface area (Å²) in [5.74, 6) is 0. The molecule has 2 aliphatic rings. The SMILES string of the molecule is CS(=O)(=O)C1CC2CCC(C1)N2C(=O)Nc1cccc(Cl)c1. The van der Waals surface area contributed by atoms with E-state index in [0.717, 1.165) is 12.8 Å². The number of benzene rings is 1. The summed E-state index contributed by atoms with van der Waals surface area (Å²) < 4.78 is 23.6. The molecule has 0 aliphatic carbocycles. The molecule has 3 rings (SSSR count). The van der Waals surface area contributed by atoms with E-state index in [1.54, 1.807) is 24.3 Å². The summed E-state index contributed by atoms with van der Waals surface area (Å²) in [5, 5.41) is 3.11. The van der Waals surface area contributed by atoms with Crippen molar-refractivity contribution in [3.05, 3.63) is 29.3 Å². The summed E-state index contributed by atoms with van der Waals surface area (Å²) in [5.41, 5.74) is 0.655.